The molecule has 2 saturated heterocycles. The van der Waals surface area contributed by atoms with E-state index in [4.69, 9.17) is 15.2 Å². The summed E-state index contributed by atoms with van der Waals surface area (Å²) < 4.78 is 10.7. The fourth-order valence-corrected chi connectivity index (χ4v) is 2.50. The summed E-state index contributed by atoms with van der Waals surface area (Å²) in [5.41, 5.74) is 7.61. The maximum atomic E-state index is 11.8. The molecule has 2 heterocycles. The van der Waals surface area contributed by atoms with E-state index < -0.39 is 0 Å². The third kappa shape index (κ3) is 3.47. The first-order valence-corrected chi connectivity index (χ1v) is 6.83. The number of hydrogen-bond donors (Lipinski definition) is 1. The van der Waals surface area contributed by atoms with Gasteiger partial charge in [-0.05, 0) is 24.3 Å². The van der Waals surface area contributed by atoms with Gasteiger partial charge in [0.25, 0.3) is 5.91 Å². The van der Waals surface area contributed by atoms with Gasteiger partial charge in [0.2, 0.25) is 0 Å². The lowest BCUT2D eigenvalue weighted by Gasteiger charge is -2.27. The summed E-state index contributed by atoms with van der Waals surface area (Å²) in [5, 5.41) is 0. The van der Waals surface area contributed by atoms with Crippen molar-refractivity contribution in [1.29, 1.82) is 0 Å². The maximum Gasteiger partial charge on any atom is 0.253 e. The molecule has 2 aliphatic rings. The van der Waals surface area contributed by atoms with Gasteiger partial charge in [-0.1, -0.05) is 0 Å². The van der Waals surface area contributed by atoms with Crippen molar-refractivity contribution in [2.45, 2.75) is 6.10 Å². The van der Waals surface area contributed by atoms with E-state index in [1.54, 1.807) is 4.90 Å². The number of anilines is 2. The number of halogens is 1. The number of carbonyl (C=O) groups excluding carboxylic acids is 1. The quantitative estimate of drug-likeness (QED) is 0.885. The predicted molar refractivity (Wildman–Crippen MR) is 83.0 cm³/mol. The van der Waals surface area contributed by atoms with Crippen molar-refractivity contribution in [3.63, 3.8) is 0 Å². The maximum absolute atomic E-state index is 11.8. The van der Waals surface area contributed by atoms with Crippen molar-refractivity contribution in [2.24, 2.45) is 5.73 Å². The molecule has 2 N–H and O–H groups in total. The minimum absolute atomic E-state index is 0. The molecular weight excluding hydrogens is 294 g/mol. The topological polar surface area (TPSA) is 68.0 Å². The Morgan fingerprint density at radius 2 is 1.95 bits per heavy atom. The number of carbonyl (C=O) groups is 1. The summed E-state index contributed by atoms with van der Waals surface area (Å²) >= 11 is 0. The summed E-state index contributed by atoms with van der Waals surface area (Å²) in [5.74, 6) is 0.0108. The second-order valence-electron chi connectivity index (χ2n) is 4.99. The molecular formula is C14H20ClN3O3. The Morgan fingerprint density at radius 3 is 2.57 bits per heavy atom. The van der Waals surface area contributed by atoms with E-state index in [0.717, 1.165) is 17.9 Å². The van der Waals surface area contributed by atoms with E-state index in [0.29, 0.717) is 26.4 Å². The highest BCUT2D eigenvalue weighted by Gasteiger charge is 2.23. The summed E-state index contributed by atoms with van der Waals surface area (Å²) in [4.78, 5) is 15.7. The molecule has 1 amide bonds. The number of ether oxygens (including phenoxy) is 2. The molecule has 2 fully saturated rings. The molecule has 1 atom stereocenters. The van der Waals surface area contributed by atoms with Crippen molar-refractivity contribution in [3.05, 3.63) is 24.3 Å². The van der Waals surface area contributed by atoms with Gasteiger partial charge in [0.1, 0.15) is 13.3 Å². The molecule has 0 spiro atoms. The van der Waals surface area contributed by atoms with Crippen LogP contribution in [-0.4, -0.2) is 51.6 Å². The van der Waals surface area contributed by atoms with Gasteiger partial charge in [-0.15, -0.1) is 12.4 Å². The smallest absolute Gasteiger partial charge is 0.253 e. The van der Waals surface area contributed by atoms with Gasteiger partial charge in [-0.2, -0.15) is 0 Å². The van der Waals surface area contributed by atoms with Crippen LogP contribution in [0.5, 0.6) is 0 Å². The van der Waals surface area contributed by atoms with E-state index in [1.165, 1.54) is 0 Å². The van der Waals surface area contributed by atoms with Crippen LogP contribution in [0.1, 0.15) is 0 Å². The first kappa shape index (κ1) is 16.0. The van der Waals surface area contributed by atoms with E-state index in [9.17, 15) is 4.79 Å². The first-order valence-electron chi connectivity index (χ1n) is 6.83. The average Bonchev–Trinajstić information content (AvgIpc) is 2.97. The van der Waals surface area contributed by atoms with Crippen LogP contribution in [0.4, 0.5) is 11.4 Å². The number of benzene rings is 1. The Labute approximate surface area is 130 Å². The van der Waals surface area contributed by atoms with Crippen molar-refractivity contribution >= 4 is 29.7 Å². The molecule has 0 radical (unpaired) electrons. The van der Waals surface area contributed by atoms with Crippen LogP contribution in [0.15, 0.2) is 24.3 Å². The van der Waals surface area contributed by atoms with Crippen LogP contribution < -0.4 is 15.5 Å². The van der Waals surface area contributed by atoms with Crippen LogP contribution in [0, 0.1) is 0 Å². The summed E-state index contributed by atoms with van der Waals surface area (Å²) in [7, 11) is 0. The van der Waals surface area contributed by atoms with Gasteiger partial charge in [0.05, 0.1) is 12.7 Å². The van der Waals surface area contributed by atoms with Crippen LogP contribution in [0.3, 0.4) is 0 Å². The summed E-state index contributed by atoms with van der Waals surface area (Å²) in [6.45, 7) is 3.28. The fraction of sp³-hybridized carbons (Fsp3) is 0.500. The number of nitrogens with two attached hydrogens (primary N) is 1. The normalized spacial score (nSPS) is 22.3. The first-order chi connectivity index (χ1) is 9.78. The SMILES string of the molecule is Cl.NC[C@H]1CN(c2ccc(N3CCOCC3=O)cc2)CO1. The van der Waals surface area contributed by atoms with E-state index >= 15 is 0 Å². The highest BCUT2D eigenvalue weighted by atomic mass is 35.5. The monoisotopic (exact) mass is 313 g/mol. The van der Waals surface area contributed by atoms with E-state index in [-0.39, 0.29) is 31.0 Å². The second kappa shape index (κ2) is 7.09. The van der Waals surface area contributed by atoms with Crippen molar-refractivity contribution in [3.8, 4) is 0 Å². The molecule has 21 heavy (non-hydrogen) atoms. The second-order valence-corrected chi connectivity index (χ2v) is 4.99. The van der Waals surface area contributed by atoms with Crippen molar-refractivity contribution in [1.82, 2.24) is 0 Å². The number of nitrogens with zero attached hydrogens (tertiary/aromatic N) is 2. The molecule has 0 aliphatic carbocycles. The molecule has 6 nitrogen and oxygen atoms in total. The minimum Gasteiger partial charge on any atom is -0.370 e. The van der Waals surface area contributed by atoms with Crippen LogP contribution >= 0.6 is 12.4 Å². The zero-order chi connectivity index (χ0) is 13.9. The van der Waals surface area contributed by atoms with Crippen LogP contribution in [0.25, 0.3) is 0 Å². The zero-order valence-electron chi connectivity index (χ0n) is 11.7. The third-order valence-corrected chi connectivity index (χ3v) is 3.67. The molecule has 0 unspecified atom stereocenters. The van der Waals surface area contributed by atoms with Gasteiger partial charge >= 0.3 is 0 Å². The third-order valence-electron chi connectivity index (χ3n) is 3.67. The van der Waals surface area contributed by atoms with E-state index in [2.05, 4.69) is 4.90 Å². The van der Waals surface area contributed by atoms with Crippen molar-refractivity contribution < 1.29 is 14.3 Å². The van der Waals surface area contributed by atoms with Crippen LogP contribution in [-0.2, 0) is 14.3 Å². The van der Waals surface area contributed by atoms with Gasteiger partial charge in [-0.3, -0.25) is 4.79 Å². The molecule has 0 bridgehead atoms. The Bertz CT molecular complexity index is 483. The van der Waals surface area contributed by atoms with Crippen molar-refractivity contribution in [2.75, 3.05) is 49.4 Å². The molecule has 7 heteroatoms. The van der Waals surface area contributed by atoms with E-state index in [1.807, 2.05) is 24.3 Å². The number of amides is 1. The summed E-state index contributed by atoms with van der Waals surface area (Å²) in [6.07, 6.45) is 0.107. The van der Waals surface area contributed by atoms with Gasteiger partial charge < -0.3 is 25.0 Å². The average molecular weight is 314 g/mol. The predicted octanol–water partition coefficient (Wildman–Crippen LogP) is 0.593. The Morgan fingerprint density at radius 1 is 1.24 bits per heavy atom. The molecule has 1 aromatic rings. The highest BCUT2D eigenvalue weighted by molar-refractivity contribution is 5.95. The molecule has 2 aliphatic heterocycles. The van der Waals surface area contributed by atoms with Crippen LogP contribution in [0.2, 0.25) is 0 Å². The Hall–Kier alpha value is -1.34. The lowest BCUT2D eigenvalue weighted by Crippen LogP contribution is -2.41. The summed E-state index contributed by atoms with van der Waals surface area (Å²) in [6, 6.07) is 7.96. The minimum atomic E-state index is 0. The molecule has 116 valence electrons. The molecule has 0 aromatic heterocycles. The lowest BCUT2D eigenvalue weighted by molar-refractivity contribution is -0.125. The Balaban J connectivity index is 0.00000161. The molecule has 3 rings (SSSR count). The largest absolute Gasteiger partial charge is 0.370 e. The fourth-order valence-electron chi connectivity index (χ4n) is 2.50. The lowest BCUT2D eigenvalue weighted by atomic mass is 10.2. The number of hydrogen-bond acceptors (Lipinski definition) is 5. The molecule has 0 saturated carbocycles. The molecule has 1 aromatic carbocycles. The van der Waals surface area contributed by atoms with Gasteiger partial charge in [-0.25, -0.2) is 0 Å². The number of morpholine rings is 1. The standard InChI is InChI=1S/C14H19N3O3.ClH/c15-7-13-8-16(10-20-13)11-1-3-12(4-2-11)17-5-6-19-9-14(17)18;/h1-4,13H,5-10,15H2;1H/t13-;/m0./s1. The Kier molecular flexibility index (Phi) is 5.41. The van der Waals surface area contributed by atoms with Gasteiger partial charge in [0, 0.05) is 31.0 Å². The van der Waals surface area contributed by atoms with Gasteiger partial charge in [0.15, 0.2) is 0 Å². The highest BCUT2D eigenvalue weighted by Crippen LogP contribution is 2.24. The zero-order valence-corrected chi connectivity index (χ0v) is 12.6. The number of rotatable bonds is 3.